The highest BCUT2D eigenvalue weighted by molar-refractivity contribution is 7.93. The maximum atomic E-state index is 14.0. The van der Waals surface area contributed by atoms with Gasteiger partial charge < -0.3 is 0 Å². The number of fused-ring (bicyclic) bond motifs is 1. The molecule has 0 saturated carbocycles. The van der Waals surface area contributed by atoms with Crippen LogP contribution in [0.2, 0.25) is 0 Å². The van der Waals surface area contributed by atoms with Crippen LogP contribution in [-0.2, 0) is 16.2 Å². The summed E-state index contributed by atoms with van der Waals surface area (Å²) in [5, 5.41) is 5.55. The first-order valence-electron chi connectivity index (χ1n) is 8.48. The van der Waals surface area contributed by atoms with Gasteiger partial charge in [-0.3, -0.25) is 14.7 Å². The number of hydrogen-bond donors (Lipinski definition) is 3. The number of nitrogens with one attached hydrogen (secondary N) is 3. The molecular formula is C18H11F4N5O3S. The Labute approximate surface area is 171 Å². The number of pyridine rings is 1. The Hall–Kier alpha value is -3.74. The molecule has 0 amide bonds. The Morgan fingerprint density at radius 1 is 1.06 bits per heavy atom. The molecular weight excluding hydrogens is 442 g/mol. The highest BCUT2D eigenvalue weighted by Gasteiger charge is 2.32. The minimum absolute atomic E-state index is 0.0427. The van der Waals surface area contributed by atoms with Gasteiger partial charge in [0.25, 0.3) is 10.0 Å². The van der Waals surface area contributed by atoms with Gasteiger partial charge in [-0.2, -0.15) is 18.3 Å². The number of halogens is 4. The highest BCUT2D eigenvalue weighted by atomic mass is 32.2. The molecule has 0 fully saturated rings. The largest absolute Gasteiger partial charge is 0.416 e. The molecule has 160 valence electrons. The molecule has 0 atom stereocenters. The molecule has 0 aliphatic rings. The lowest BCUT2D eigenvalue weighted by molar-refractivity contribution is -0.137. The van der Waals surface area contributed by atoms with Crippen LogP contribution in [0.15, 0.2) is 58.4 Å². The van der Waals surface area contributed by atoms with Gasteiger partial charge in [0.05, 0.1) is 16.1 Å². The Morgan fingerprint density at radius 2 is 1.84 bits per heavy atom. The third-order valence-electron chi connectivity index (χ3n) is 4.26. The maximum absolute atomic E-state index is 14.0. The molecule has 0 saturated heterocycles. The summed E-state index contributed by atoms with van der Waals surface area (Å²) in [5.74, 6) is -0.966. The lowest BCUT2D eigenvalue weighted by Gasteiger charge is -2.14. The summed E-state index contributed by atoms with van der Waals surface area (Å²) in [7, 11) is -4.44. The summed E-state index contributed by atoms with van der Waals surface area (Å²) in [6, 6.07) is 6.99. The van der Waals surface area contributed by atoms with E-state index in [0.717, 1.165) is 18.2 Å². The lowest BCUT2D eigenvalue weighted by atomic mass is 10.1. The predicted molar refractivity (Wildman–Crippen MR) is 102 cm³/mol. The number of aromatic nitrogens is 4. The molecule has 0 aliphatic heterocycles. The van der Waals surface area contributed by atoms with E-state index in [2.05, 4.69) is 19.8 Å². The molecule has 0 unspecified atom stereocenters. The van der Waals surface area contributed by atoms with Gasteiger partial charge in [-0.15, -0.1) is 0 Å². The normalized spacial score (nSPS) is 12.3. The van der Waals surface area contributed by atoms with E-state index in [9.17, 15) is 30.8 Å². The molecule has 4 rings (SSSR count). The van der Waals surface area contributed by atoms with Crippen LogP contribution in [0.1, 0.15) is 5.56 Å². The van der Waals surface area contributed by atoms with Crippen LogP contribution in [-0.4, -0.2) is 28.6 Å². The topological polar surface area (TPSA) is 121 Å². The third-order valence-corrected chi connectivity index (χ3v) is 5.70. The van der Waals surface area contributed by atoms with E-state index in [1.807, 2.05) is 5.10 Å². The van der Waals surface area contributed by atoms with Crippen molar-refractivity contribution in [3.05, 3.63) is 70.5 Å². The maximum Gasteiger partial charge on any atom is 0.416 e. The van der Waals surface area contributed by atoms with E-state index in [1.54, 1.807) is 0 Å². The number of sulfonamides is 1. The average molecular weight is 453 g/mol. The summed E-state index contributed by atoms with van der Waals surface area (Å²) in [6.45, 7) is 0. The molecule has 0 radical (unpaired) electrons. The van der Waals surface area contributed by atoms with Crippen LogP contribution in [0.4, 0.5) is 23.2 Å². The summed E-state index contributed by atoms with van der Waals surface area (Å²) in [5.41, 5.74) is -2.74. The Kier molecular flexibility index (Phi) is 4.76. The van der Waals surface area contributed by atoms with E-state index >= 15 is 0 Å². The molecule has 3 N–H and O–H groups in total. The predicted octanol–water partition coefficient (Wildman–Crippen LogP) is 3.27. The lowest BCUT2D eigenvalue weighted by Crippen LogP contribution is -2.15. The fourth-order valence-electron chi connectivity index (χ4n) is 2.95. The third kappa shape index (κ3) is 3.99. The Morgan fingerprint density at radius 3 is 2.52 bits per heavy atom. The number of benzene rings is 2. The van der Waals surface area contributed by atoms with Crippen LogP contribution in [0.3, 0.4) is 0 Å². The van der Waals surface area contributed by atoms with Gasteiger partial charge in [0.2, 0.25) is 0 Å². The van der Waals surface area contributed by atoms with Gasteiger partial charge in [0, 0.05) is 17.1 Å². The minimum atomic E-state index is -4.81. The van der Waals surface area contributed by atoms with E-state index < -0.39 is 39.0 Å². The smallest absolute Gasteiger partial charge is 0.289 e. The minimum Gasteiger partial charge on any atom is -0.289 e. The van der Waals surface area contributed by atoms with E-state index in [1.165, 1.54) is 18.3 Å². The molecule has 2 aromatic heterocycles. The van der Waals surface area contributed by atoms with Crippen LogP contribution in [0.5, 0.6) is 0 Å². The molecule has 2 aromatic carbocycles. The second-order valence-corrected chi connectivity index (χ2v) is 8.02. The van der Waals surface area contributed by atoms with Crippen molar-refractivity contribution >= 4 is 26.6 Å². The molecule has 0 aliphatic carbocycles. The zero-order valence-electron chi connectivity index (χ0n) is 15.2. The molecule has 0 spiro atoms. The van der Waals surface area contributed by atoms with E-state index in [-0.39, 0.29) is 27.2 Å². The fraction of sp³-hybridized carbons (Fsp3) is 0.0556. The van der Waals surface area contributed by atoms with E-state index in [4.69, 9.17) is 0 Å². The summed E-state index contributed by atoms with van der Waals surface area (Å²) < 4.78 is 81.9. The molecule has 13 heteroatoms. The second-order valence-electron chi connectivity index (χ2n) is 6.37. The first-order valence-corrected chi connectivity index (χ1v) is 9.96. The van der Waals surface area contributed by atoms with E-state index in [0.29, 0.717) is 12.1 Å². The zero-order chi connectivity index (χ0) is 22.4. The van der Waals surface area contributed by atoms with Crippen molar-refractivity contribution in [3.8, 4) is 11.4 Å². The number of nitrogens with zero attached hydrogens (tertiary/aromatic N) is 2. The fourth-order valence-corrected chi connectivity index (χ4v) is 4.19. The zero-order valence-corrected chi connectivity index (χ0v) is 16.0. The van der Waals surface area contributed by atoms with Crippen molar-refractivity contribution in [3.63, 3.8) is 0 Å². The average Bonchev–Trinajstić information content (AvgIpc) is 3.13. The van der Waals surface area contributed by atoms with Crippen LogP contribution in [0.25, 0.3) is 22.3 Å². The van der Waals surface area contributed by atoms with Crippen molar-refractivity contribution in [2.75, 3.05) is 4.72 Å². The number of alkyl halides is 3. The van der Waals surface area contributed by atoms with Crippen LogP contribution >= 0.6 is 0 Å². The number of aromatic amines is 2. The van der Waals surface area contributed by atoms with Gasteiger partial charge in [0.1, 0.15) is 11.3 Å². The number of anilines is 1. The number of rotatable bonds is 4. The van der Waals surface area contributed by atoms with Crippen molar-refractivity contribution in [2.24, 2.45) is 0 Å². The van der Waals surface area contributed by atoms with Gasteiger partial charge >= 0.3 is 11.9 Å². The van der Waals surface area contributed by atoms with Gasteiger partial charge in [0.15, 0.2) is 5.82 Å². The van der Waals surface area contributed by atoms with Crippen molar-refractivity contribution < 1.29 is 26.0 Å². The highest BCUT2D eigenvalue weighted by Crippen LogP contribution is 2.35. The molecule has 0 bridgehead atoms. The quantitative estimate of drug-likeness (QED) is 0.410. The first-order chi connectivity index (χ1) is 14.5. The van der Waals surface area contributed by atoms with Crippen molar-refractivity contribution in [2.45, 2.75) is 11.1 Å². The summed E-state index contributed by atoms with van der Waals surface area (Å²) in [6.07, 6.45) is -3.53. The standard InChI is InChI=1S/C18H11F4N5O3S/c19-13-3-4-14(12-2-1-5-23-15(12)13)31(29,30)27-11-7-9(16-24-17(28)26-25-16)6-10(8-11)18(20,21)22/h1-8,27H,(H2,24,25,26,28). The summed E-state index contributed by atoms with van der Waals surface area (Å²) >= 11 is 0. The van der Waals surface area contributed by atoms with Crippen LogP contribution < -0.4 is 10.4 Å². The van der Waals surface area contributed by atoms with Crippen molar-refractivity contribution in [1.82, 2.24) is 20.2 Å². The SMILES string of the molecule is O=c1[nH]nc(-c2cc(NS(=O)(=O)c3ccc(F)c4ncccc34)cc(C(F)(F)F)c2)[nH]1. The summed E-state index contributed by atoms with van der Waals surface area (Å²) in [4.78, 5) is 16.9. The van der Waals surface area contributed by atoms with Gasteiger partial charge in [-0.25, -0.2) is 22.7 Å². The molecule has 4 aromatic rings. The second kappa shape index (κ2) is 7.19. The molecule has 8 nitrogen and oxygen atoms in total. The monoisotopic (exact) mass is 453 g/mol. The number of hydrogen-bond acceptors (Lipinski definition) is 5. The van der Waals surface area contributed by atoms with Crippen LogP contribution in [0, 0.1) is 5.82 Å². The number of H-pyrrole nitrogens is 2. The molecule has 31 heavy (non-hydrogen) atoms. The Bertz CT molecular complexity index is 1460. The van der Waals surface area contributed by atoms with Gasteiger partial charge in [-0.05, 0) is 42.5 Å². The first kappa shape index (κ1) is 20.5. The Balaban J connectivity index is 1.84. The van der Waals surface area contributed by atoms with Gasteiger partial charge in [-0.1, -0.05) is 0 Å². The molecule has 2 heterocycles. The van der Waals surface area contributed by atoms with Crippen molar-refractivity contribution in [1.29, 1.82) is 0 Å².